The largest absolute Gasteiger partial charge is 0.392 e. The molecule has 18 heavy (non-hydrogen) atoms. The molecule has 0 heterocycles. The third-order valence-corrected chi connectivity index (χ3v) is 3.69. The molecule has 2 N–H and O–H groups in total. The third-order valence-electron chi connectivity index (χ3n) is 2.21. The van der Waals surface area contributed by atoms with Crippen molar-refractivity contribution in [2.45, 2.75) is 24.3 Å². The highest BCUT2D eigenvalue weighted by Crippen LogP contribution is 2.19. The van der Waals surface area contributed by atoms with Crippen LogP contribution in [0.15, 0.2) is 17.0 Å². The zero-order valence-electron chi connectivity index (χ0n) is 9.45. The van der Waals surface area contributed by atoms with Gasteiger partial charge in [-0.15, -0.1) is 0 Å². The van der Waals surface area contributed by atoms with Gasteiger partial charge in [0.25, 0.3) is 0 Å². The van der Waals surface area contributed by atoms with Crippen molar-refractivity contribution in [3.05, 3.63) is 29.6 Å². The first kappa shape index (κ1) is 14.9. The van der Waals surface area contributed by atoms with E-state index in [1.807, 2.05) is 4.72 Å². The van der Waals surface area contributed by atoms with E-state index in [4.69, 9.17) is 0 Å². The van der Waals surface area contributed by atoms with Gasteiger partial charge < -0.3 is 5.11 Å². The van der Waals surface area contributed by atoms with Gasteiger partial charge in [-0.25, -0.2) is 26.3 Å². The first-order chi connectivity index (χ1) is 8.27. The standard InChI is InChI=1S/C10H12F3NO3S/c1-2-7(15)5-14-18(16,17)10-8(12)3-6(11)4-9(10)13/h3-4,7,14-15H,2,5H2,1H3. The fourth-order valence-corrected chi connectivity index (χ4v) is 2.40. The molecule has 0 aliphatic heterocycles. The summed E-state index contributed by atoms with van der Waals surface area (Å²) in [6.45, 7) is 1.23. The van der Waals surface area contributed by atoms with Crippen molar-refractivity contribution in [1.29, 1.82) is 0 Å². The van der Waals surface area contributed by atoms with Gasteiger partial charge in [0.05, 0.1) is 6.10 Å². The molecule has 0 aromatic heterocycles. The summed E-state index contributed by atoms with van der Waals surface area (Å²) >= 11 is 0. The maximum absolute atomic E-state index is 13.3. The molecule has 0 bridgehead atoms. The number of sulfonamides is 1. The zero-order valence-corrected chi connectivity index (χ0v) is 10.3. The van der Waals surface area contributed by atoms with Crippen molar-refractivity contribution in [1.82, 2.24) is 4.72 Å². The van der Waals surface area contributed by atoms with E-state index in [1.165, 1.54) is 0 Å². The number of hydrogen-bond acceptors (Lipinski definition) is 3. The second-order valence-electron chi connectivity index (χ2n) is 3.61. The molecule has 4 nitrogen and oxygen atoms in total. The Bertz CT molecular complexity index is 510. The Morgan fingerprint density at radius 2 is 1.78 bits per heavy atom. The first-order valence-corrected chi connectivity index (χ1v) is 6.58. The van der Waals surface area contributed by atoms with Gasteiger partial charge >= 0.3 is 0 Å². The van der Waals surface area contributed by atoms with Crippen LogP contribution in [0.3, 0.4) is 0 Å². The maximum atomic E-state index is 13.3. The van der Waals surface area contributed by atoms with E-state index < -0.39 is 38.5 Å². The lowest BCUT2D eigenvalue weighted by atomic mass is 10.3. The van der Waals surface area contributed by atoms with Crippen molar-refractivity contribution in [3.63, 3.8) is 0 Å². The number of benzene rings is 1. The summed E-state index contributed by atoms with van der Waals surface area (Å²) in [6, 6.07) is 0.543. The van der Waals surface area contributed by atoms with Gasteiger partial charge in [0.2, 0.25) is 10.0 Å². The summed E-state index contributed by atoms with van der Waals surface area (Å²) in [5.74, 6) is -4.26. The highest BCUT2D eigenvalue weighted by molar-refractivity contribution is 7.89. The van der Waals surface area contributed by atoms with E-state index in [-0.39, 0.29) is 25.1 Å². The Labute approximate surface area is 102 Å². The number of aliphatic hydroxyl groups excluding tert-OH is 1. The third kappa shape index (κ3) is 3.44. The molecule has 1 atom stereocenters. The fourth-order valence-electron chi connectivity index (χ4n) is 1.21. The molecule has 1 aromatic rings. The highest BCUT2D eigenvalue weighted by atomic mass is 32.2. The Kier molecular flexibility index (Phi) is 4.71. The normalized spacial score (nSPS) is 13.6. The molecule has 0 radical (unpaired) electrons. The Morgan fingerprint density at radius 3 is 2.22 bits per heavy atom. The average molecular weight is 283 g/mol. The first-order valence-electron chi connectivity index (χ1n) is 5.10. The van der Waals surface area contributed by atoms with E-state index in [9.17, 15) is 26.7 Å². The molecule has 0 saturated heterocycles. The van der Waals surface area contributed by atoms with E-state index >= 15 is 0 Å². The summed E-state index contributed by atoms with van der Waals surface area (Å²) in [5, 5.41) is 9.18. The molecule has 8 heteroatoms. The molecule has 0 aliphatic rings. The van der Waals surface area contributed by atoms with Gasteiger partial charge in [-0.1, -0.05) is 6.92 Å². The number of halogens is 3. The lowest BCUT2D eigenvalue weighted by Crippen LogP contribution is -2.32. The van der Waals surface area contributed by atoms with Gasteiger partial charge in [-0.3, -0.25) is 0 Å². The molecular formula is C10H12F3NO3S. The Morgan fingerprint density at radius 1 is 1.28 bits per heavy atom. The van der Waals surface area contributed by atoms with E-state index in [1.54, 1.807) is 6.92 Å². The van der Waals surface area contributed by atoms with Crippen molar-refractivity contribution in [2.75, 3.05) is 6.54 Å². The minimum absolute atomic E-state index is 0.272. The van der Waals surface area contributed by atoms with Crippen molar-refractivity contribution in [3.8, 4) is 0 Å². The summed E-state index contributed by atoms with van der Waals surface area (Å²) in [7, 11) is -4.47. The van der Waals surface area contributed by atoms with Crippen LogP contribution in [0.4, 0.5) is 13.2 Å². The molecule has 0 spiro atoms. The van der Waals surface area contributed by atoms with E-state index in [2.05, 4.69) is 0 Å². The minimum atomic E-state index is -4.47. The lowest BCUT2D eigenvalue weighted by Gasteiger charge is -2.11. The summed E-state index contributed by atoms with van der Waals surface area (Å²) in [6.07, 6.45) is -0.692. The van der Waals surface area contributed by atoms with E-state index in [0.717, 1.165) is 0 Å². The monoisotopic (exact) mass is 283 g/mol. The number of rotatable bonds is 5. The number of nitrogens with one attached hydrogen (secondary N) is 1. The maximum Gasteiger partial charge on any atom is 0.246 e. The van der Waals surface area contributed by atoms with Crippen LogP contribution in [0.25, 0.3) is 0 Å². The smallest absolute Gasteiger partial charge is 0.246 e. The van der Waals surface area contributed by atoms with Crippen LogP contribution in [-0.4, -0.2) is 26.2 Å². The van der Waals surface area contributed by atoms with Crippen molar-refractivity contribution >= 4 is 10.0 Å². The Balaban J connectivity index is 3.06. The summed E-state index contributed by atoms with van der Waals surface area (Å²) in [4.78, 5) is -1.26. The molecular weight excluding hydrogens is 271 g/mol. The molecule has 1 rings (SSSR count). The van der Waals surface area contributed by atoms with Gasteiger partial charge in [0, 0.05) is 18.7 Å². The van der Waals surface area contributed by atoms with Crippen LogP contribution in [0, 0.1) is 17.5 Å². The topological polar surface area (TPSA) is 66.4 Å². The number of hydrogen-bond donors (Lipinski definition) is 2. The molecule has 1 aromatic carbocycles. The second-order valence-corrected chi connectivity index (χ2v) is 5.32. The quantitative estimate of drug-likeness (QED) is 0.852. The minimum Gasteiger partial charge on any atom is -0.392 e. The summed E-state index contributed by atoms with van der Waals surface area (Å²) < 4.78 is 64.1. The SMILES string of the molecule is CCC(O)CNS(=O)(=O)c1c(F)cc(F)cc1F. The fraction of sp³-hybridized carbons (Fsp3) is 0.400. The van der Waals surface area contributed by atoms with Crippen molar-refractivity contribution in [2.24, 2.45) is 0 Å². The van der Waals surface area contributed by atoms with Gasteiger partial charge in [-0.05, 0) is 6.42 Å². The second kappa shape index (κ2) is 5.68. The lowest BCUT2D eigenvalue weighted by molar-refractivity contribution is 0.174. The molecule has 0 aliphatic carbocycles. The van der Waals surface area contributed by atoms with Crippen LogP contribution in [-0.2, 0) is 10.0 Å². The molecule has 0 fully saturated rings. The average Bonchev–Trinajstić information content (AvgIpc) is 2.24. The van der Waals surface area contributed by atoms with Gasteiger partial charge in [0.15, 0.2) is 4.90 Å². The predicted octanol–water partition coefficient (Wildman–Crippen LogP) is 1.15. The highest BCUT2D eigenvalue weighted by Gasteiger charge is 2.25. The predicted molar refractivity (Wildman–Crippen MR) is 57.8 cm³/mol. The van der Waals surface area contributed by atoms with Crippen molar-refractivity contribution < 1.29 is 26.7 Å². The van der Waals surface area contributed by atoms with Crippen LogP contribution in [0.5, 0.6) is 0 Å². The molecule has 102 valence electrons. The Hall–Kier alpha value is -1.12. The van der Waals surface area contributed by atoms with Gasteiger partial charge in [0.1, 0.15) is 17.5 Å². The van der Waals surface area contributed by atoms with Crippen LogP contribution >= 0.6 is 0 Å². The number of aliphatic hydroxyl groups is 1. The molecule has 0 saturated carbocycles. The van der Waals surface area contributed by atoms with Crippen LogP contribution in [0.1, 0.15) is 13.3 Å². The van der Waals surface area contributed by atoms with E-state index in [0.29, 0.717) is 0 Å². The van der Waals surface area contributed by atoms with Gasteiger partial charge in [-0.2, -0.15) is 0 Å². The molecule has 1 unspecified atom stereocenters. The van der Waals surface area contributed by atoms with Crippen LogP contribution < -0.4 is 4.72 Å². The molecule has 0 amide bonds. The summed E-state index contributed by atoms with van der Waals surface area (Å²) in [5.41, 5.74) is 0. The van der Waals surface area contributed by atoms with Crippen LogP contribution in [0.2, 0.25) is 0 Å². The zero-order chi connectivity index (χ0) is 13.9.